The van der Waals surface area contributed by atoms with Gasteiger partial charge >= 0.3 is 5.97 Å². The molecule has 5 N–H and O–H groups in total. The molecule has 0 saturated carbocycles. The summed E-state index contributed by atoms with van der Waals surface area (Å²) in [6.45, 7) is 0. The lowest BCUT2D eigenvalue weighted by Crippen LogP contribution is -2.30. The monoisotopic (exact) mass is 611 g/mol. The van der Waals surface area contributed by atoms with Crippen LogP contribution in [0.1, 0.15) is 15.9 Å². The number of aromatic nitrogens is 1. The van der Waals surface area contributed by atoms with Crippen molar-refractivity contribution in [3.05, 3.63) is 112 Å². The fraction of sp³-hybridized carbons (Fsp3) is 0.0714. The van der Waals surface area contributed by atoms with E-state index in [1.165, 1.54) is 36.7 Å². The minimum Gasteiger partial charge on any atom is -0.480 e. The lowest BCUT2D eigenvalue weighted by molar-refractivity contribution is -0.138. The molecule has 1 atom stereocenters. The third-order valence-corrected chi connectivity index (χ3v) is 8.20. The van der Waals surface area contributed by atoms with Crippen LogP contribution in [0.3, 0.4) is 0 Å². The lowest BCUT2D eigenvalue weighted by atomic mass is 10.1. The normalized spacial score (nSPS) is 12.4. The molecule has 210 valence electrons. The molecule has 0 aliphatic rings. The molecular formula is C28H23Cl2N5O5S. The largest absolute Gasteiger partial charge is 0.480 e. The van der Waals surface area contributed by atoms with Crippen LogP contribution in [0.5, 0.6) is 0 Å². The number of para-hydroxylation sites is 1. The van der Waals surface area contributed by atoms with Crippen LogP contribution in [0, 0.1) is 0 Å². The van der Waals surface area contributed by atoms with Crippen molar-refractivity contribution in [2.45, 2.75) is 22.3 Å². The summed E-state index contributed by atoms with van der Waals surface area (Å²) in [6.07, 6.45) is 2.58. The van der Waals surface area contributed by atoms with Crippen LogP contribution in [0.4, 0.5) is 11.4 Å². The molecule has 1 amide bonds. The number of carbonyl (C=O) groups is 2. The first-order valence-corrected chi connectivity index (χ1v) is 14.2. The maximum atomic E-state index is 13.2. The second-order valence-corrected chi connectivity index (χ2v) is 11.4. The second-order valence-electron chi connectivity index (χ2n) is 8.64. The topological polar surface area (TPSA) is 164 Å². The Morgan fingerprint density at radius 2 is 1.51 bits per heavy atom. The quantitative estimate of drug-likeness (QED) is 0.153. The number of hydrogen-bond acceptors (Lipinski definition) is 6. The molecule has 3 aromatic carbocycles. The number of guanidine groups is 1. The summed E-state index contributed by atoms with van der Waals surface area (Å²) in [4.78, 5) is 32.5. The summed E-state index contributed by atoms with van der Waals surface area (Å²) in [7, 11) is -3.88. The van der Waals surface area contributed by atoms with E-state index in [4.69, 9.17) is 28.9 Å². The zero-order chi connectivity index (χ0) is 29.6. The van der Waals surface area contributed by atoms with Crippen molar-refractivity contribution in [3.8, 4) is 0 Å². The average molecular weight is 612 g/mol. The maximum absolute atomic E-state index is 13.2. The van der Waals surface area contributed by atoms with Crippen LogP contribution < -0.4 is 16.4 Å². The third-order valence-electron chi connectivity index (χ3n) is 5.79. The van der Waals surface area contributed by atoms with Crippen LogP contribution in [-0.2, 0) is 21.1 Å². The Morgan fingerprint density at radius 3 is 2.15 bits per heavy atom. The second kappa shape index (κ2) is 12.8. The Hall–Kier alpha value is -4.45. The van der Waals surface area contributed by atoms with Crippen LogP contribution in [-0.4, -0.2) is 42.4 Å². The number of aliphatic carboxylic acids is 1. The zero-order valence-electron chi connectivity index (χ0n) is 21.2. The molecule has 0 aliphatic carbocycles. The first-order chi connectivity index (χ1) is 19.6. The van der Waals surface area contributed by atoms with Crippen molar-refractivity contribution in [3.63, 3.8) is 0 Å². The smallest absolute Gasteiger partial charge is 0.328 e. The molecule has 0 spiro atoms. The summed E-state index contributed by atoms with van der Waals surface area (Å²) < 4.78 is 26.3. The highest BCUT2D eigenvalue weighted by Gasteiger charge is 2.22. The van der Waals surface area contributed by atoms with Gasteiger partial charge < -0.3 is 21.5 Å². The van der Waals surface area contributed by atoms with E-state index < -0.39 is 27.8 Å². The van der Waals surface area contributed by atoms with Crippen molar-refractivity contribution < 1.29 is 23.1 Å². The summed E-state index contributed by atoms with van der Waals surface area (Å²) in [5.74, 6) is -2.04. The molecule has 4 rings (SSSR count). The first kappa shape index (κ1) is 29.5. The maximum Gasteiger partial charge on any atom is 0.328 e. The van der Waals surface area contributed by atoms with Crippen molar-refractivity contribution in [1.29, 1.82) is 0 Å². The molecule has 0 bridgehead atoms. The zero-order valence-corrected chi connectivity index (χ0v) is 23.5. The third kappa shape index (κ3) is 7.20. The first-order valence-electron chi connectivity index (χ1n) is 12.0. The van der Waals surface area contributed by atoms with E-state index >= 15 is 0 Å². The van der Waals surface area contributed by atoms with Gasteiger partial charge in [0.25, 0.3) is 5.91 Å². The molecular weight excluding hydrogens is 589 g/mol. The van der Waals surface area contributed by atoms with Gasteiger partial charge in [-0.2, -0.15) is 0 Å². The molecule has 1 aromatic heterocycles. The van der Waals surface area contributed by atoms with Gasteiger partial charge in [-0.1, -0.05) is 65.7 Å². The number of hydrogen-bond donors (Lipinski definition) is 4. The highest BCUT2D eigenvalue weighted by atomic mass is 35.5. The van der Waals surface area contributed by atoms with E-state index in [9.17, 15) is 23.1 Å². The van der Waals surface area contributed by atoms with Crippen LogP contribution in [0.25, 0.3) is 0 Å². The molecule has 10 nitrogen and oxygen atoms in total. The fourth-order valence-electron chi connectivity index (χ4n) is 3.83. The van der Waals surface area contributed by atoms with E-state index in [0.717, 1.165) is 0 Å². The predicted octanol–water partition coefficient (Wildman–Crippen LogP) is 4.90. The lowest BCUT2D eigenvalue weighted by Gasteiger charge is -2.14. The predicted molar refractivity (Wildman–Crippen MR) is 157 cm³/mol. The molecule has 13 heteroatoms. The summed E-state index contributed by atoms with van der Waals surface area (Å²) in [5, 5.41) is 15.4. The number of sulfone groups is 1. The number of rotatable bonds is 9. The Morgan fingerprint density at radius 1 is 0.902 bits per heavy atom. The molecule has 0 aliphatic heterocycles. The summed E-state index contributed by atoms with van der Waals surface area (Å²) in [6, 6.07) is 19.2. The summed E-state index contributed by atoms with van der Waals surface area (Å²) in [5.41, 5.74) is 7.26. The number of carboxylic acids is 1. The highest BCUT2D eigenvalue weighted by Crippen LogP contribution is 2.28. The number of benzene rings is 3. The molecule has 41 heavy (non-hydrogen) atoms. The number of carboxylic acid groups (broad SMARTS) is 1. The van der Waals surface area contributed by atoms with Gasteiger partial charge in [-0.25, -0.2) is 18.2 Å². The number of halogens is 2. The van der Waals surface area contributed by atoms with Crippen molar-refractivity contribution in [1.82, 2.24) is 4.98 Å². The molecule has 0 unspecified atom stereocenters. The Bertz CT molecular complexity index is 1700. The van der Waals surface area contributed by atoms with Gasteiger partial charge in [0.2, 0.25) is 9.84 Å². The molecule has 4 aromatic rings. The van der Waals surface area contributed by atoms with Gasteiger partial charge in [-0.05, 0) is 42.0 Å². The van der Waals surface area contributed by atoms with Crippen LogP contribution in [0.15, 0.2) is 106 Å². The number of amides is 1. The Kier molecular flexibility index (Phi) is 9.23. The van der Waals surface area contributed by atoms with Crippen LogP contribution in [0.2, 0.25) is 10.0 Å². The van der Waals surface area contributed by atoms with Crippen molar-refractivity contribution in [2.24, 2.45) is 10.7 Å². The molecule has 0 fully saturated rings. The minimum absolute atomic E-state index is 0.0298. The van der Waals surface area contributed by atoms with E-state index in [-0.39, 0.29) is 43.5 Å². The Labute approximate surface area is 245 Å². The van der Waals surface area contributed by atoms with Gasteiger partial charge in [0.15, 0.2) is 12.0 Å². The van der Waals surface area contributed by atoms with Gasteiger partial charge in [0, 0.05) is 24.5 Å². The van der Waals surface area contributed by atoms with E-state index in [0.29, 0.717) is 11.3 Å². The average Bonchev–Trinajstić information content (AvgIpc) is 2.94. The van der Waals surface area contributed by atoms with Gasteiger partial charge in [-0.3, -0.25) is 9.78 Å². The molecule has 0 saturated heterocycles. The highest BCUT2D eigenvalue weighted by molar-refractivity contribution is 7.91. The number of aliphatic imine (C=N–C) groups is 1. The SMILES string of the molecule is NC(=N[C@@H](Cc1ccc(NC(=O)c2c(Cl)cncc2Cl)cc1)C(=O)O)Nc1ccccc1S(=O)(=O)c1ccccc1. The number of carbonyl (C=O) groups excluding carboxylic acids is 1. The number of nitrogens with one attached hydrogen (secondary N) is 2. The number of nitrogens with zero attached hydrogens (tertiary/aromatic N) is 2. The Balaban J connectivity index is 1.48. The van der Waals surface area contributed by atoms with Gasteiger partial charge in [0.05, 0.1) is 31.1 Å². The number of pyridine rings is 1. The number of anilines is 2. The fourth-order valence-corrected chi connectivity index (χ4v) is 5.80. The molecule has 0 radical (unpaired) electrons. The standard InChI is InChI=1S/C28H23Cl2N5O5S/c29-20-15-32-16-21(30)25(20)26(36)33-18-12-10-17(11-13-18)14-23(27(37)38)35-28(31)34-22-8-4-5-9-24(22)41(39,40)19-6-2-1-3-7-19/h1-13,15-16,23H,14H2,(H,33,36)(H,37,38)(H3,31,34,35)/t23-/m0/s1. The minimum atomic E-state index is -3.88. The summed E-state index contributed by atoms with van der Waals surface area (Å²) >= 11 is 12.1. The number of nitrogens with two attached hydrogens (primary N) is 1. The van der Waals surface area contributed by atoms with E-state index in [1.807, 2.05) is 0 Å². The van der Waals surface area contributed by atoms with Crippen molar-refractivity contribution >= 4 is 62.2 Å². The van der Waals surface area contributed by atoms with E-state index in [2.05, 4.69) is 20.6 Å². The van der Waals surface area contributed by atoms with Crippen LogP contribution >= 0.6 is 23.2 Å². The van der Waals surface area contributed by atoms with E-state index in [1.54, 1.807) is 54.6 Å². The van der Waals surface area contributed by atoms with Gasteiger partial charge in [0.1, 0.15) is 0 Å². The van der Waals surface area contributed by atoms with Crippen molar-refractivity contribution in [2.75, 3.05) is 10.6 Å². The molecule has 1 heterocycles. The van der Waals surface area contributed by atoms with Gasteiger partial charge in [-0.15, -0.1) is 0 Å².